The van der Waals surface area contributed by atoms with Crippen LogP contribution in [0.4, 0.5) is 0 Å². The molecule has 1 aliphatic carbocycles. The Kier molecular flexibility index (Phi) is 5.33. The summed E-state index contributed by atoms with van der Waals surface area (Å²) in [5, 5.41) is 15.5. The van der Waals surface area contributed by atoms with E-state index in [1.54, 1.807) is 24.3 Å². The molecule has 0 heterocycles. The predicted molar refractivity (Wildman–Crippen MR) is 79.7 cm³/mol. The average molecular weight is 290 g/mol. The summed E-state index contributed by atoms with van der Waals surface area (Å²) in [6.45, 7) is 2.44. The molecule has 114 valence electrons. The second-order valence-electron chi connectivity index (χ2n) is 5.49. The quantitative estimate of drug-likeness (QED) is 0.703. The van der Waals surface area contributed by atoms with E-state index < -0.39 is 18.1 Å². The Morgan fingerprint density at radius 3 is 2.52 bits per heavy atom. The Bertz CT molecular complexity index is 486. The molecule has 1 fully saturated rings. The van der Waals surface area contributed by atoms with Crippen molar-refractivity contribution in [1.82, 2.24) is 10.6 Å². The minimum atomic E-state index is -1.22. The fourth-order valence-electron chi connectivity index (χ4n) is 2.10. The molecule has 1 saturated carbocycles. The van der Waals surface area contributed by atoms with Crippen LogP contribution in [0.25, 0.3) is 0 Å². The van der Waals surface area contributed by atoms with Gasteiger partial charge in [-0.05, 0) is 37.3 Å². The van der Waals surface area contributed by atoms with Crippen LogP contribution in [0.15, 0.2) is 30.3 Å². The number of hydrogen-bond acceptors (Lipinski definition) is 3. The summed E-state index contributed by atoms with van der Waals surface area (Å²) in [5.41, 5.74) is 0.515. The van der Waals surface area contributed by atoms with E-state index in [1.165, 1.54) is 0 Å². The second kappa shape index (κ2) is 7.22. The standard InChI is InChI=1S/C16H22N2O3/c1-2-13(14(19)16(21)17-10-11-8-9-11)18-15(20)12-6-4-3-5-7-12/h3-7,11,13-14,19H,2,8-10H2,1H3,(H,17,21)(H,18,20). The fraction of sp³-hybridized carbons (Fsp3) is 0.500. The van der Waals surface area contributed by atoms with Crippen molar-refractivity contribution in [3.8, 4) is 0 Å². The predicted octanol–water partition coefficient (Wildman–Crippen LogP) is 1.08. The highest BCUT2D eigenvalue weighted by Crippen LogP contribution is 2.27. The van der Waals surface area contributed by atoms with Crippen LogP contribution in [0.1, 0.15) is 36.5 Å². The minimum Gasteiger partial charge on any atom is -0.381 e. The maximum Gasteiger partial charge on any atom is 0.251 e. The van der Waals surface area contributed by atoms with Gasteiger partial charge in [0.2, 0.25) is 0 Å². The SMILES string of the molecule is CCC(NC(=O)c1ccccc1)C(O)C(=O)NCC1CC1. The molecule has 0 aromatic heterocycles. The van der Waals surface area contributed by atoms with Gasteiger partial charge >= 0.3 is 0 Å². The van der Waals surface area contributed by atoms with Crippen LogP contribution in [-0.2, 0) is 4.79 Å². The summed E-state index contributed by atoms with van der Waals surface area (Å²) < 4.78 is 0. The second-order valence-corrected chi connectivity index (χ2v) is 5.49. The van der Waals surface area contributed by atoms with Crippen molar-refractivity contribution in [2.45, 2.75) is 38.3 Å². The van der Waals surface area contributed by atoms with Gasteiger partial charge in [-0.25, -0.2) is 0 Å². The molecule has 2 unspecified atom stereocenters. The number of rotatable bonds is 7. The Balaban J connectivity index is 1.88. The lowest BCUT2D eigenvalue weighted by molar-refractivity contribution is -0.130. The Hall–Kier alpha value is -1.88. The van der Waals surface area contributed by atoms with Crippen LogP contribution in [-0.4, -0.2) is 35.6 Å². The molecule has 0 aliphatic heterocycles. The van der Waals surface area contributed by atoms with Gasteiger partial charge in [-0.1, -0.05) is 25.1 Å². The molecular weight excluding hydrogens is 268 g/mol. The largest absolute Gasteiger partial charge is 0.381 e. The van der Waals surface area contributed by atoms with Crippen LogP contribution >= 0.6 is 0 Å². The number of aliphatic hydroxyl groups excluding tert-OH is 1. The number of nitrogens with one attached hydrogen (secondary N) is 2. The summed E-state index contributed by atoms with van der Waals surface area (Å²) in [4.78, 5) is 23.9. The smallest absolute Gasteiger partial charge is 0.251 e. The zero-order valence-electron chi connectivity index (χ0n) is 12.2. The van der Waals surface area contributed by atoms with Crippen molar-refractivity contribution in [2.24, 2.45) is 5.92 Å². The molecule has 3 N–H and O–H groups in total. The van der Waals surface area contributed by atoms with Gasteiger partial charge in [0.1, 0.15) is 0 Å². The normalized spacial score (nSPS) is 16.9. The van der Waals surface area contributed by atoms with Crippen molar-refractivity contribution in [1.29, 1.82) is 0 Å². The molecule has 21 heavy (non-hydrogen) atoms. The van der Waals surface area contributed by atoms with Crippen molar-refractivity contribution >= 4 is 11.8 Å². The van der Waals surface area contributed by atoms with Crippen molar-refractivity contribution in [3.05, 3.63) is 35.9 Å². The van der Waals surface area contributed by atoms with Gasteiger partial charge < -0.3 is 15.7 Å². The lowest BCUT2D eigenvalue weighted by atomic mass is 10.1. The third-order valence-corrected chi connectivity index (χ3v) is 3.70. The molecule has 2 amide bonds. The molecule has 1 aliphatic rings. The van der Waals surface area contributed by atoms with Crippen molar-refractivity contribution < 1.29 is 14.7 Å². The van der Waals surface area contributed by atoms with Gasteiger partial charge in [0, 0.05) is 12.1 Å². The fourth-order valence-corrected chi connectivity index (χ4v) is 2.10. The van der Waals surface area contributed by atoms with Gasteiger partial charge in [0.25, 0.3) is 11.8 Å². The Morgan fingerprint density at radius 1 is 1.29 bits per heavy atom. The molecule has 0 saturated heterocycles. The highest BCUT2D eigenvalue weighted by atomic mass is 16.3. The molecule has 1 aromatic carbocycles. The minimum absolute atomic E-state index is 0.281. The average Bonchev–Trinajstić information content (AvgIpc) is 3.34. The van der Waals surface area contributed by atoms with Gasteiger partial charge in [0.05, 0.1) is 6.04 Å². The van der Waals surface area contributed by atoms with Crippen LogP contribution < -0.4 is 10.6 Å². The molecule has 5 nitrogen and oxygen atoms in total. The van der Waals surface area contributed by atoms with E-state index in [4.69, 9.17) is 0 Å². The van der Waals surface area contributed by atoms with Crippen LogP contribution in [0, 0.1) is 5.92 Å². The first kappa shape index (κ1) is 15.5. The maximum atomic E-state index is 12.1. The van der Waals surface area contributed by atoms with E-state index in [-0.39, 0.29) is 5.91 Å². The lowest BCUT2D eigenvalue weighted by Crippen LogP contribution is -2.50. The third kappa shape index (κ3) is 4.56. The first-order valence-corrected chi connectivity index (χ1v) is 7.43. The highest BCUT2D eigenvalue weighted by molar-refractivity contribution is 5.95. The molecule has 5 heteroatoms. The van der Waals surface area contributed by atoms with Crippen LogP contribution in [0.5, 0.6) is 0 Å². The van der Waals surface area contributed by atoms with Gasteiger partial charge in [-0.15, -0.1) is 0 Å². The molecule has 0 spiro atoms. The number of aliphatic hydroxyl groups is 1. The third-order valence-electron chi connectivity index (χ3n) is 3.70. The van der Waals surface area contributed by atoms with E-state index in [0.717, 1.165) is 12.8 Å². The van der Waals surface area contributed by atoms with E-state index in [0.29, 0.717) is 24.4 Å². The molecular formula is C16H22N2O3. The van der Waals surface area contributed by atoms with Gasteiger partial charge in [-0.2, -0.15) is 0 Å². The number of carbonyl (C=O) groups excluding carboxylic acids is 2. The number of carbonyl (C=O) groups is 2. The summed E-state index contributed by atoms with van der Waals surface area (Å²) in [6.07, 6.45) is 1.54. The molecule has 0 radical (unpaired) electrons. The highest BCUT2D eigenvalue weighted by Gasteiger charge is 2.28. The molecule has 2 rings (SSSR count). The van der Waals surface area contributed by atoms with Crippen molar-refractivity contribution in [2.75, 3.05) is 6.54 Å². The van der Waals surface area contributed by atoms with Crippen LogP contribution in [0.2, 0.25) is 0 Å². The van der Waals surface area contributed by atoms with E-state index in [9.17, 15) is 14.7 Å². The zero-order chi connectivity index (χ0) is 15.2. The van der Waals surface area contributed by atoms with Crippen molar-refractivity contribution in [3.63, 3.8) is 0 Å². The summed E-state index contributed by atoms with van der Waals surface area (Å²) in [6, 6.07) is 8.18. The monoisotopic (exact) mass is 290 g/mol. The van der Waals surface area contributed by atoms with E-state index >= 15 is 0 Å². The number of hydrogen-bond donors (Lipinski definition) is 3. The molecule has 0 bridgehead atoms. The zero-order valence-corrected chi connectivity index (χ0v) is 12.2. The van der Waals surface area contributed by atoms with Gasteiger partial charge in [0.15, 0.2) is 6.10 Å². The first-order chi connectivity index (χ1) is 10.1. The van der Waals surface area contributed by atoms with E-state index in [1.807, 2.05) is 13.0 Å². The van der Waals surface area contributed by atoms with Gasteiger partial charge in [-0.3, -0.25) is 9.59 Å². The number of benzene rings is 1. The summed E-state index contributed by atoms with van der Waals surface area (Å²) in [7, 11) is 0. The Morgan fingerprint density at radius 2 is 1.95 bits per heavy atom. The molecule has 2 atom stereocenters. The van der Waals surface area contributed by atoms with E-state index in [2.05, 4.69) is 10.6 Å². The maximum absolute atomic E-state index is 12.1. The lowest BCUT2D eigenvalue weighted by Gasteiger charge is -2.22. The summed E-state index contributed by atoms with van der Waals surface area (Å²) >= 11 is 0. The summed E-state index contributed by atoms with van der Waals surface area (Å²) in [5.74, 6) is -0.140. The first-order valence-electron chi connectivity index (χ1n) is 7.43. The number of amides is 2. The molecule has 1 aromatic rings. The topological polar surface area (TPSA) is 78.4 Å². The van der Waals surface area contributed by atoms with Crippen LogP contribution in [0.3, 0.4) is 0 Å². The Labute approximate surface area is 124 Å².